The average molecular weight is 475 g/mol. The van der Waals surface area contributed by atoms with Crippen molar-refractivity contribution >= 4 is 17.0 Å². The summed E-state index contributed by atoms with van der Waals surface area (Å²) in [5, 5.41) is 0. The first-order chi connectivity index (χ1) is 17.4. The molecule has 0 unspecified atom stereocenters. The van der Waals surface area contributed by atoms with Crippen LogP contribution in [0, 0.1) is 6.92 Å². The van der Waals surface area contributed by atoms with Crippen LogP contribution < -0.4 is 14.5 Å². The third-order valence-electron chi connectivity index (χ3n) is 7.10. The zero-order valence-electron chi connectivity index (χ0n) is 21.4. The minimum atomic E-state index is -0.881. The highest BCUT2D eigenvalue weighted by molar-refractivity contribution is 5.79. The van der Waals surface area contributed by atoms with Crippen molar-refractivity contribution < 1.29 is 4.74 Å². The van der Waals surface area contributed by atoms with Crippen LogP contribution in [-0.4, -0.2) is 37.6 Å². The molecule has 5 nitrogen and oxygen atoms in total. The topological polar surface area (TPSA) is 33.0 Å². The molecule has 2 aromatic heterocycles. The van der Waals surface area contributed by atoms with Gasteiger partial charge in [-0.15, -0.1) is 0 Å². The van der Waals surface area contributed by atoms with Gasteiger partial charge in [-0.3, -0.25) is 4.40 Å². The highest BCUT2D eigenvalue weighted by Gasteiger charge is 2.47. The summed E-state index contributed by atoms with van der Waals surface area (Å²) in [5.41, 5.74) is 8.61. The lowest BCUT2D eigenvalue weighted by Gasteiger charge is -2.40. The maximum Gasteiger partial charge on any atom is 0.201 e. The second-order valence-electron chi connectivity index (χ2n) is 9.90. The van der Waals surface area contributed by atoms with Gasteiger partial charge in [0, 0.05) is 62.5 Å². The van der Waals surface area contributed by atoms with Crippen molar-refractivity contribution in [3.63, 3.8) is 0 Å². The predicted molar refractivity (Wildman–Crippen MR) is 147 cm³/mol. The molecule has 0 saturated carbocycles. The standard InChI is InChI=1S/C31H30N4O/c1-21-9-18-27-26(20-21)29-30(35-19-7-6-8-28(35)32-29)31(36-27,22-10-14-24(15-11-22)33(2)3)23-12-16-25(17-13-23)34(4)5/h6-20H,1-5H3. The van der Waals surface area contributed by atoms with Crippen molar-refractivity contribution in [3.05, 3.63) is 114 Å². The van der Waals surface area contributed by atoms with Gasteiger partial charge in [-0.05, 0) is 55.5 Å². The quantitative estimate of drug-likeness (QED) is 0.314. The number of fused-ring (bicyclic) bond motifs is 5. The number of hydrogen-bond donors (Lipinski definition) is 0. The minimum absolute atomic E-state index is 0.838. The predicted octanol–water partition coefficient (Wildman–Crippen LogP) is 6.13. The first-order valence-corrected chi connectivity index (χ1v) is 12.2. The van der Waals surface area contributed by atoms with Gasteiger partial charge in [0.25, 0.3) is 0 Å². The Kier molecular flexibility index (Phi) is 5.04. The minimum Gasteiger partial charge on any atom is -0.471 e. The van der Waals surface area contributed by atoms with E-state index in [9.17, 15) is 0 Å². The van der Waals surface area contributed by atoms with Crippen LogP contribution in [0.15, 0.2) is 91.1 Å². The molecule has 0 N–H and O–H groups in total. The van der Waals surface area contributed by atoms with Crippen molar-refractivity contribution in [1.82, 2.24) is 9.38 Å². The zero-order valence-corrected chi connectivity index (χ0v) is 21.4. The molecule has 0 atom stereocenters. The van der Waals surface area contributed by atoms with Gasteiger partial charge in [-0.25, -0.2) is 4.98 Å². The molecule has 0 aliphatic carbocycles. The molecule has 1 aliphatic heterocycles. The van der Waals surface area contributed by atoms with Crippen LogP contribution in [0.1, 0.15) is 22.4 Å². The molecule has 0 bridgehead atoms. The summed E-state index contributed by atoms with van der Waals surface area (Å²) in [4.78, 5) is 9.37. The number of imidazole rings is 1. The molecule has 3 heterocycles. The van der Waals surface area contributed by atoms with Gasteiger partial charge in [-0.1, -0.05) is 42.0 Å². The lowest BCUT2D eigenvalue weighted by molar-refractivity contribution is 0.146. The van der Waals surface area contributed by atoms with Crippen LogP contribution in [0.2, 0.25) is 0 Å². The van der Waals surface area contributed by atoms with Gasteiger partial charge in [0.2, 0.25) is 5.60 Å². The van der Waals surface area contributed by atoms with Crippen LogP contribution in [0.3, 0.4) is 0 Å². The largest absolute Gasteiger partial charge is 0.471 e. The van der Waals surface area contributed by atoms with Gasteiger partial charge in [0.05, 0.1) is 0 Å². The number of ether oxygens (including phenoxy) is 1. The van der Waals surface area contributed by atoms with E-state index in [1.807, 2.05) is 6.07 Å². The Morgan fingerprint density at radius 2 is 1.36 bits per heavy atom. The van der Waals surface area contributed by atoms with Gasteiger partial charge < -0.3 is 14.5 Å². The van der Waals surface area contributed by atoms with E-state index in [1.54, 1.807) is 0 Å². The summed E-state index contributed by atoms with van der Waals surface area (Å²) in [6.07, 6.45) is 2.09. The van der Waals surface area contributed by atoms with Gasteiger partial charge in [-0.2, -0.15) is 0 Å². The van der Waals surface area contributed by atoms with Crippen LogP contribution >= 0.6 is 0 Å². The third-order valence-corrected chi connectivity index (χ3v) is 7.10. The van der Waals surface area contributed by atoms with E-state index < -0.39 is 5.60 Å². The van der Waals surface area contributed by atoms with Crippen molar-refractivity contribution in [1.29, 1.82) is 0 Å². The first-order valence-electron chi connectivity index (χ1n) is 12.2. The third kappa shape index (κ3) is 3.27. The molecule has 5 aromatic rings. The Balaban J connectivity index is 1.71. The molecule has 1 aliphatic rings. The summed E-state index contributed by atoms with van der Waals surface area (Å²) in [6, 6.07) is 29.8. The fourth-order valence-electron chi connectivity index (χ4n) is 5.20. The molecule has 0 spiro atoms. The smallest absolute Gasteiger partial charge is 0.201 e. The fraction of sp³-hybridized carbons (Fsp3) is 0.194. The molecule has 0 saturated heterocycles. The Morgan fingerprint density at radius 3 is 1.94 bits per heavy atom. The number of hydrogen-bond acceptors (Lipinski definition) is 4. The molecule has 0 radical (unpaired) electrons. The number of pyridine rings is 1. The monoisotopic (exact) mass is 474 g/mol. The Labute approximate surface area is 212 Å². The Hall–Kier alpha value is -4.25. The second kappa shape index (κ2) is 8.16. The number of rotatable bonds is 4. The SMILES string of the molecule is Cc1ccc2c(c1)-c1nc3ccccn3c1C(c1ccc(N(C)C)cc1)(c1ccc(N(C)C)cc1)O2. The summed E-state index contributed by atoms with van der Waals surface area (Å²) in [7, 11) is 8.23. The van der Waals surface area contributed by atoms with Crippen LogP contribution in [0.25, 0.3) is 16.9 Å². The summed E-state index contributed by atoms with van der Waals surface area (Å²) >= 11 is 0. The number of aromatic nitrogens is 2. The zero-order chi connectivity index (χ0) is 25.0. The van der Waals surface area contributed by atoms with Gasteiger partial charge >= 0.3 is 0 Å². The second-order valence-corrected chi connectivity index (χ2v) is 9.90. The summed E-state index contributed by atoms with van der Waals surface area (Å²) in [5.74, 6) is 0.838. The van der Waals surface area contributed by atoms with Crippen molar-refractivity contribution in [2.45, 2.75) is 12.5 Å². The van der Waals surface area contributed by atoms with E-state index in [0.29, 0.717) is 0 Å². The summed E-state index contributed by atoms with van der Waals surface area (Å²) < 4.78 is 9.33. The molecular weight excluding hydrogens is 444 g/mol. The number of nitrogens with zero attached hydrogens (tertiary/aromatic N) is 4. The molecule has 5 heteroatoms. The number of anilines is 2. The molecule has 3 aromatic carbocycles. The number of benzene rings is 3. The van der Waals surface area contributed by atoms with E-state index >= 15 is 0 Å². The van der Waals surface area contributed by atoms with Crippen molar-refractivity contribution in [2.24, 2.45) is 0 Å². The van der Waals surface area contributed by atoms with E-state index in [4.69, 9.17) is 9.72 Å². The van der Waals surface area contributed by atoms with E-state index in [-0.39, 0.29) is 0 Å². The molecule has 0 amide bonds. The van der Waals surface area contributed by atoms with Crippen molar-refractivity contribution in [3.8, 4) is 17.0 Å². The summed E-state index contributed by atoms with van der Waals surface area (Å²) in [6.45, 7) is 2.11. The van der Waals surface area contributed by atoms with E-state index in [1.165, 1.54) is 5.56 Å². The Morgan fingerprint density at radius 1 is 0.750 bits per heavy atom. The lowest BCUT2D eigenvalue weighted by Crippen LogP contribution is -2.40. The average Bonchev–Trinajstić information content (AvgIpc) is 3.29. The van der Waals surface area contributed by atoms with Crippen molar-refractivity contribution in [2.75, 3.05) is 38.0 Å². The van der Waals surface area contributed by atoms with Crippen LogP contribution in [-0.2, 0) is 5.60 Å². The lowest BCUT2D eigenvalue weighted by atomic mass is 9.79. The molecule has 6 rings (SSSR count). The molecule has 36 heavy (non-hydrogen) atoms. The van der Waals surface area contributed by atoms with Crippen LogP contribution in [0.4, 0.5) is 11.4 Å². The first kappa shape index (κ1) is 22.2. The maximum atomic E-state index is 7.15. The molecule has 0 fully saturated rings. The normalized spacial score (nSPS) is 13.6. The molecule has 180 valence electrons. The number of aryl methyl sites for hydroxylation is 1. The van der Waals surface area contributed by atoms with E-state index in [2.05, 4.69) is 134 Å². The highest BCUT2D eigenvalue weighted by atomic mass is 16.5. The highest BCUT2D eigenvalue weighted by Crippen LogP contribution is 2.52. The van der Waals surface area contributed by atoms with Gasteiger partial charge in [0.15, 0.2) is 0 Å². The van der Waals surface area contributed by atoms with Crippen LogP contribution in [0.5, 0.6) is 5.75 Å². The van der Waals surface area contributed by atoms with Gasteiger partial charge in [0.1, 0.15) is 22.8 Å². The maximum absolute atomic E-state index is 7.15. The molecular formula is C31H30N4O. The fourth-order valence-corrected chi connectivity index (χ4v) is 5.20. The Bertz CT molecular complexity index is 1510. The van der Waals surface area contributed by atoms with E-state index in [0.717, 1.165) is 50.8 Å².